The van der Waals surface area contributed by atoms with Gasteiger partial charge in [-0.2, -0.15) is 13.2 Å². The first-order valence-corrected chi connectivity index (χ1v) is 7.77. The van der Waals surface area contributed by atoms with E-state index in [2.05, 4.69) is 5.32 Å². The van der Waals surface area contributed by atoms with E-state index in [9.17, 15) is 26.4 Å². The van der Waals surface area contributed by atoms with Crippen molar-refractivity contribution in [2.45, 2.75) is 19.0 Å². The number of alkyl halides is 3. The Morgan fingerprint density at radius 3 is 2.16 bits per heavy atom. The summed E-state index contributed by atoms with van der Waals surface area (Å²) in [4.78, 5) is 12.9. The lowest BCUT2D eigenvalue weighted by molar-refractivity contribution is -0.184. The quantitative estimate of drug-likeness (QED) is 0.819. The second-order valence-corrected chi connectivity index (χ2v) is 7.38. The van der Waals surface area contributed by atoms with E-state index in [4.69, 9.17) is 0 Å². The van der Waals surface area contributed by atoms with Crippen molar-refractivity contribution in [3.63, 3.8) is 0 Å². The first kappa shape index (κ1) is 14.4. The lowest BCUT2D eigenvalue weighted by Gasteiger charge is -2.28. The summed E-state index contributed by atoms with van der Waals surface area (Å²) in [6, 6.07) is -0.620. The summed E-state index contributed by atoms with van der Waals surface area (Å²) in [7, 11) is -3.11. The van der Waals surface area contributed by atoms with Crippen molar-refractivity contribution in [2.75, 3.05) is 31.1 Å². The first-order chi connectivity index (χ1) is 8.65. The Hall–Kier alpha value is -0.990. The zero-order valence-corrected chi connectivity index (χ0v) is 11.0. The van der Waals surface area contributed by atoms with Crippen LogP contribution >= 0.6 is 0 Å². The van der Waals surface area contributed by atoms with Crippen molar-refractivity contribution < 1.29 is 26.4 Å². The number of carbonyl (C=O) groups excluding carboxylic acids is 1. The van der Waals surface area contributed by atoms with Crippen LogP contribution in [0.25, 0.3) is 0 Å². The van der Waals surface area contributed by atoms with E-state index in [1.165, 1.54) is 4.90 Å². The molecule has 0 unspecified atom stereocenters. The van der Waals surface area contributed by atoms with Crippen LogP contribution in [0.1, 0.15) is 12.8 Å². The van der Waals surface area contributed by atoms with Gasteiger partial charge in [-0.3, -0.25) is 0 Å². The Kier molecular flexibility index (Phi) is 3.44. The standard InChI is InChI=1S/C10H15F3N2O3S/c11-10(12,13)9(1-2-9)7-14-8(16)15-3-5-19(17,18)6-4-15/h1-7H2,(H,14,16). The third-order valence-corrected chi connectivity index (χ3v) is 5.27. The first-order valence-electron chi connectivity index (χ1n) is 5.95. The van der Waals surface area contributed by atoms with Crippen LogP contribution in [-0.4, -0.2) is 56.7 Å². The van der Waals surface area contributed by atoms with Gasteiger partial charge in [0, 0.05) is 19.6 Å². The third kappa shape index (κ3) is 3.13. The maximum absolute atomic E-state index is 12.6. The highest BCUT2D eigenvalue weighted by Gasteiger charge is 2.63. The largest absolute Gasteiger partial charge is 0.396 e. The van der Waals surface area contributed by atoms with E-state index in [0.717, 1.165) is 0 Å². The predicted molar refractivity (Wildman–Crippen MR) is 61.3 cm³/mol. The van der Waals surface area contributed by atoms with Crippen LogP contribution in [0.15, 0.2) is 0 Å². The van der Waals surface area contributed by atoms with Gasteiger partial charge in [0.05, 0.1) is 16.9 Å². The molecule has 0 spiro atoms. The lowest BCUT2D eigenvalue weighted by atomic mass is 10.1. The molecule has 19 heavy (non-hydrogen) atoms. The van der Waals surface area contributed by atoms with Crippen molar-refractivity contribution in [1.82, 2.24) is 10.2 Å². The van der Waals surface area contributed by atoms with Crippen LogP contribution in [0.3, 0.4) is 0 Å². The second kappa shape index (κ2) is 4.53. The van der Waals surface area contributed by atoms with Gasteiger partial charge in [-0.1, -0.05) is 0 Å². The van der Waals surface area contributed by atoms with Crippen LogP contribution < -0.4 is 5.32 Å². The van der Waals surface area contributed by atoms with Gasteiger partial charge < -0.3 is 10.2 Å². The molecule has 1 saturated carbocycles. The van der Waals surface area contributed by atoms with Crippen LogP contribution in [-0.2, 0) is 9.84 Å². The molecule has 1 aliphatic heterocycles. The van der Waals surface area contributed by atoms with Crippen molar-refractivity contribution in [1.29, 1.82) is 0 Å². The molecule has 9 heteroatoms. The molecule has 1 heterocycles. The Morgan fingerprint density at radius 1 is 1.21 bits per heavy atom. The minimum Gasteiger partial charge on any atom is -0.337 e. The molecule has 2 rings (SSSR count). The number of halogens is 3. The van der Waals surface area contributed by atoms with Crippen LogP contribution in [0.5, 0.6) is 0 Å². The molecular weight excluding hydrogens is 285 g/mol. The lowest BCUT2D eigenvalue weighted by Crippen LogP contribution is -2.50. The molecule has 2 fully saturated rings. The predicted octanol–water partition coefficient (Wildman–Crippen LogP) is 0.769. The fourth-order valence-electron chi connectivity index (χ4n) is 1.98. The zero-order valence-electron chi connectivity index (χ0n) is 10.2. The Bertz CT molecular complexity index is 457. The monoisotopic (exact) mass is 300 g/mol. The molecule has 0 aromatic heterocycles. The second-order valence-electron chi connectivity index (χ2n) is 5.08. The minimum atomic E-state index is -4.30. The SMILES string of the molecule is O=C(NCC1(C(F)(F)F)CC1)N1CCS(=O)(=O)CC1. The molecule has 0 atom stereocenters. The number of rotatable bonds is 2. The minimum absolute atomic E-state index is 0.0329. The van der Waals surface area contributed by atoms with Gasteiger partial charge in [0.1, 0.15) is 0 Å². The van der Waals surface area contributed by atoms with E-state index in [-0.39, 0.29) is 37.4 Å². The highest BCUT2D eigenvalue weighted by molar-refractivity contribution is 7.91. The Morgan fingerprint density at radius 2 is 1.74 bits per heavy atom. The molecule has 0 aromatic carbocycles. The molecular formula is C10H15F3N2O3S. The normalized spacial score (nSPS) is 24.9. The third-order valence-electron chi connectivity index (χ3n) is 3.66. The van der Waals surface area contributed by atoms with E-state index in [1.54, 1.807) is 0 Å². The zero-order chi connectivity index (χ0) is 14.3. The van der Waals surface area contributed by atoms with Gasteiger partial charge in [-0.25, -0.2) is 13.2 Å². The van der Waals surface area contributed by atoms with Gasteiger partial charge in [0.2, 0.25) is 0 Å². The summed E-state index contributed by atoms with van der Waals surface area (Å²) < 4.78 is 60.3. The number of nitrogens with one attached hydrogen (secondary N) is 1. The molecule has 2 aliphatic rings. The summed E-state index contributed by atoms with van der Waals surface area (Å²) in [5, 5.41) is 2.26. The topological polar surface area (TPSA) is 66.5 Å². The molecule has 5 nitrogen and oxygen atoms in total. The molecule has 0 bridgehead atoms. The van der Waals surface area contributed by atoms with Crippen molar-refractivity contribution in [2.24, 2.45) is 5.41 Å². The summed E-state index contributed by atoms with van der Waals surface area (Å²) in [5.41, 5.74) is -1.77. The fourth-order valence-corrected chi connectivity index (χ4v) is 3.18. The Balaban J connectivity index is 1.83. The molecule has 0 aromatic rings. The van der Waals surface area contributed by atoms with E-state index in [0.29, 0.717) is 0 Å². The van der Waals surface area contributed by atoms with Crippen molar-refractivity contribution in [3.8, 4) is 0 Å². The highest BCUT2D eigenvalue weighted by Crippen LogP contribution is 2.57. The van der Waals surface area contributed by atoms with E-state index in [1.807, 2.05) is 0 Å². The molecule has 0 radical (unpaired) electrons. The van der Waals surface area contributed by atoms with E-state index >= 15 is 0 Å². The molecule has 1 aliphatic carbocycles. The summed E-state index contributed by atoms with van der Waals surface area (Å²) in [6.45, 7) is -0.362. The number of hydrogen-bond donors (Lipinski definition) is 1. The summed E-state index contributed by atoms with van der Waals surface area (Å²) >= 11 is 0. The van der Waals surface area contributed by atoms with Crippen LogP contribution in [0.2, 0.25) is 0 Å². The Labute approximate surface area is 109 Å². The molecule has 1 saturated heterocycles. The van der Waals surface area contributed by atoms with Gasteiger partial charge in [-0.15, -0.1) is 0 Å². The number of hydrogen-bond acceptors (Lipinski definition) is 3. The summed E-state index contributed by atoms with van der Waals surface area (Å²) in [5.74, 6) is -0.268. The average Bonchev–Trinajstić information content (AvgIpc) is 3.06. The van der Waals surface area contributed by atoms with Gasteiger partial charge >= 0.3 is 12.2 Å². The molecule has 2 amide bonds. The van der Waals surface area contributed by atoms with Gasteiger partial charge in [0.25, 0.3) is 0 Å². The number of sulfone groups is 1. The van der Waals surface area contributed by atoms with E-state index < -0.39 is 34.0 Å². The van der Waals surface area contributed by atoms with Gasteiger partial charge in [-0.05, 0) is 12.8 Å². The number of nitrogens with zero attached hydrogens (tertiary/aromatic N) is 1. The number of urea groups is 1. The van der Waals surface area contributed by atoms with Crippen molar-refractivity contribution in [3.05, 3.63) is 0 Å². The van der Waals surface area contributed by atoms with Gasteiger partial charge in [0.15, 0.2) is 9.84 Å². The van der Waals surface area contributed by atoms with Crippen LogP contribution in [0, 0.1) is 5.41 Å². The molecule has 110 valence electrons. The smallest absolute Gasteiger partial charge is 0.337 e. The maximum atomic E-state index is 12.6. The molecule has 1 N–H and O–H groups in total. The highest BCUT2D eigenvalue weighted by atomic mass is 32.2. The number of amides is 2. The maximum Gasteiger partial charge on any atom is 0.396 e. The summed E-state index contributed by atoms with van der Waals surface area (Å²) in [6.07, 6.45) is -4.23. The average molecular weight is 300 g/mol. The fraction of sp³-hybridized carbons (Fsp3) is 0.900. The van der Waals surface area contributed by atoms with Crippen molar-refractivity contribution >= 4 is 15.9 Å². The number of carbonyl (C=O) groups is 1. The van der Waals surface area contributed by atoms with Crippen LogP contribution in [0.4, 0.5) is 18.0 Å².